The Bertz CT molecular complexity index is 731. The lowest BCUT2D eigenvalue weighted by Crippen LogP contribution is -2.27. The molecular weight excluding hydrogens is 208 g/mol. The molecule has 0 fully saturated rings. The van der Waals surface area contributed by atoms with Crippen molar-refractivity contribution in [3.05, 3.63) is 80.9 Å². The zero-order valence-electron chi connectivity index (χ0n) is 9.39. The first-order valence-electron chi connectivity index (χ1n) is 5.72. The second kappa shape index (κ2) is 4.02. The van der Waals surface area contributed by atoms with Gasteiger partial charge in [-0.1, -0.05) is 48.6 Å². The van der Waals surface area contributed by atoms with Crippen molar-refractivity contribution in [1.82, 2.24) is 0 Å². The maximum atomic E-state index is 11.4. The smallest absolute Gasteiger partial charge is 0.178 e. The fraction of sp³-hybridized carbons (Fsp3) is 0.0625. The van der Waals surface area contributed by atoms with E-state index < -0.39 is 0 Å². The van der Waals surface area contributed by atoms with Crippen molar-refractivity contribution < 1.29 is 0 Å². The molecule has 1 heteroatoms. The van der Waals surface area contributed by atoms with Crippen molar-refractivity contribution in [2.24, 2.45) is 0 Å². The second-order valence-electron chi connectivity index (χ2n) is 4.27. The van der Waals surface area contributed by atoms with Crippen LogP contribution in [-0.2, 0) is 0 Å². The van der Waals surface area contributed by atoms with E-state index in [-0.39, 0.29) is 5.43 Å². The summed E-state index contributed by atoms with van der Waals surface area (Å²) in [5, 5.41) is 2.29. The van der Waals surface area contributed by atoms with Gasteiger partial charge in [-0.25, -0.2) is 0 Å². The van der Waals surface area contributed by atoms with Crippen LogP contribution in [0.4, 0.5) is 0 Å². The summed E-state index contributed by atoms with van der Waals surface area (Å²) in [7, 11) is 0. The molecule has 2 aliphatic rings. The molecule has 1 aromatic carbocycles. The lowest BCUT2D eigenvalue weighted by molar-refractivity contribution is 1.28. The third kappa shape index (κ3) is 1.92. The molecular formula is C16H12O. The van der Waals surface area contributed by atoms with Gasteiger partial charge in [0, 0.05) is 0 Å². The van der Waals surface area contributed by atoms with E-state index in [2.05, 4.69) is 18.2 Å². The molecule has 2 bridgehead atoms. The topological polar surface area (TPSA) is 17.1 Å². The minimum Gasteiger partial charge on any atom is -0.290 e. The standard InChI is InChI=1S/C16H12O/c17-15-7-6-14-11-12-4-2-1-3-5-13(10-12)16(14)9-8-15/h1-9,11H,10H2. The molecule has 0 heterocycles. The molecule has 0 amide bonds. The Morgan fingerprint density at radius 1 is 0.941 bits per heavy atom. The van der Waals surface area contributed by atoms with E-state index in [4.69, 9.17) is 0 Å². The predicted molar refractivity (Wildman–Crippen MR) is 70.8 cm³/mol. The molecule has 3 rings (SSSR count). The Kier molecular flexibility index (Phi) is 2.37. The molecule has 0 radical (unpaired) electrons. The fourth-order valence-corrected chi connectivity index (χ4v) is 2.23. The summed E-state index contributed by atoms with van der Waals surface area (Å²) in [4.78, 5) is 11.4. The highest BCUT2D eigenvalue weighted by atomic mass is 16.1. The Morgan fingerprint density at radius 3 is 2.76 bits per heavy atom. The lowest BCUT2D eigenvalue weighted by atomic mass is 9.95. The molecule has 1 aromatic rings. The molecule has 0 N–H and O–H groups in total. The normalized spacial score (nSPS) is 16.5. The Morgan fingerprint density at radius 2 is 1.82 bits per heavy atom. The van der Waals surface area contributed by atoms with Crippen molar-refractivity contribution in [2.45, 2.75) is 6.42 Å². The van der Waals surface area contributed by atoms with Crippen LogP contribution >= 0.6 is 0 Å². The van der Waals surface area contributed by atoms with Crippen molar-refractivity contribution in [3.8, 4) is 0 Å². The monoisotopic (exact) mass is 220 g/mol. The molecule has 17 heavy (non-hydrogen) atoms. The van der Waals surface area contributed by atoms with Crippen LogP contribution in [0, 0.1) is 0 Å². The van der Waals surface area contributed by atoms with Gasteiger partial charge < -0.3 is 0 Å². The zero-order chi connectivity index (χ0) is 11.7. The summed E-state index contributed by atoms with van der Waals surface area (Å²) in [5.74, 6) is 0. The number of fused-ring (bicyclic) bond motifs is 3. The molecule has 0 aliphatic heterocycles. The van der Waals surface area contributed by atoms with Crippen LogP contribution in [-0.4, -0.2) is 0 Å². The number of rotatable bonds is 0. The van der Waals surface area contributed by atoms with E-state index in [0.717, 1.165) is 16.9 Å². The fourth-order valence-electron chi connectivity index (χ4n) is 2.23. The van der Waals surface area contributed by atoms with E-state index in [9.17, 15) is 4.79 Å². The van der Waals surface area contributed by atoms with Crippen LogP contribution in [0.5, 0.6) is 0 Å². The quantitative estimate of drug-likeness (QED) is 0.646. The lowest BCUT2D eigenvalue weighted by Gasteiger charge is -2.10. The number of hydrogen-bond acceptors (Lipinski definition) is 1. The van der Waals surface area contributed by atoms with Gasteiger partial charge in [-0.2, -0.15) is 0 Å². The maximum Gasteiger partial charge on any atom is 0.178 e. The molecule has 0 unspecified atom stereocenters. The number of hydrogen-bond donors (Lipinski definition) is 0. The highest BCUT2D eigenvalue weighted by molar-refractivity contribution is 5.69. The maximum absolute atomic E-state index is 11.4. The van der Waals surface area contributed by atoms with Crippen LogP contribution in [0.3, 0.4) is 0 Å². The van der Waals surface area contributed by atoms with Crippen LogP contribution in [0.15, 0.2) is 65.0 Å². The van der Waals surface area contributed by atoms with Crippen molar-refractivity contribution in [1.29, 1.82) is 0 Å². The molecule has 0 atom stereocenters. The summed E-state index contributed by atoms with van der Waals surface area (Å²) >= 11 is 0. The van der Waals surface area contributed by atoms with Gasteiger partial charge in [-0.3, -0.25) is 4.79 Å². The van der Waals surface area contributed by atoms with Gasteiger partial charge in [-0.15, -0.1) is 0 Å². The zero-order valence-corrected chi connectivity index (χ0v) is 9.39. The van der Waals surface area contributed by atoms with E-state index in [1.54, 1.807) is 12.1 Å². The third-order valence-corrected chi connectivity index (χ3v) is 3.06. The van der Waals surface area contributed by atoms with E-state index in [1.165, 1.54) is 11.1 Å². The molecule has 0 spiro atoms. The predicted octanol–water partition coefficient (Wildman–Crippen LogP) is 1.43. The van der Waals surface area contributed by atoms with Gasteiger partial charge in [0.25, 0.3) is 0 Å². The highest BCUT2D eigenvalue weighted by Gasteiger charge is 2.05. The van der Waals surface area contributed by atoms with Gasteiger partial charge >= 0.3 is 0 Å². The summed E-state index contributed by atoms with van der Waals surface area (Å²) in [6.07, 6.45) is 13.5. The molecule has 82 valence electrons. The van der Waals surface area contributed by atoms with Crippen LogP contribution in [0.25, 0.3) is 11.6 Å². The molecule has 0 aromatic heterocycles. The molecule has 0 saturated carbocycles. The van der Waals surface area contributed by atoms with Gasteiger partial charge in [0.1, 0.15) is 0 Å². The van der Waals surface area contributed by atoms with Crippen LogP contribution in [0.2, 0.25) is 0 Å². The van der Waals surface area contributed by atoms with Crippen molar-refractivity contribution in [3.63, 3.8) is 0 Å². The van der Waals surface area contributed by atoms with Crippen LogP contribution < -0.4 is 15.9 Å². The summed E-state index contributed by atoms with van der Waals surface area (Å²) in [5.41, 5.74) is 2.61. The summed E-state index contributed by atoms with van der Waals surface area (Å²) in [6, 6.07) is 7.10. The Labute approximate surface area is 99.4 Å². The SMILES string of the molecule is O=c1ccc2c(cc1)=C1C=CC=CC=C(C=2)C1. The van der Waals surface area contributed by atoms with Gasteiger partial charge in [-0.05, 0) is 40.1 Å². The first kappa shape index (κ1) is 10.0. The highest BCUT2D eigenvalue weighted by Crippen LogP contribution is 2.17. The summed E-state index contributed by atoms with van der Waals surface area (Å²) < 4.78 is 0. The summed E-state index contributed by atoms with van der Waals surface area (Å²) in [6.45, 7) is 0. The first-order valence-corrected chi connectivity index (χ1v) is 5.72. The van der Waals surface area contributed by atoms with Crippen LogP contribution in [0.1, 0.15) is 6.42 Å². The average Bonchev–Trinajstić information content (AvgIpc) is 2.49. The van der Waals surface area contributed by atoms with Gasteiger partial charge in [0.05, 0.1) is 0 Å². The Balaban J connectivity index is 2.48. The van der Waals surface area contributed by atoms with Crippen molar-refractivity contribution >= 4 is 11.6 Å². The first-order chi connectivity index (χ1) is 8.33. The molecule has 0 saturated heterocycles. The number of allylic oxidation sites excluding steroid dienone is 6. The van der Waals surface area contributed by atoms with E-state index >= 15 is 0 Å². The third-order valence-electron chi connectivity index (χ3n) is 3.06. The van der Waals surface area contributed by atoms with Gasteiger partial charge in [0.15, 0.2) is 5.43 Å². The van der Waals surface area contributed by atoms with E-state index in [0.29, 0.717) is 0 Å². The minimum atomic E-state index is 0.0506. The largest absolute Gasteiger partial charge is 0.290 e. The van der Waals surface area contributed by atoms with Crippen molar-refractivity contribution in [2.75, 3.05) is 0 Å². The van der Waals surface area contributed by atoms with Gasteiger partial charge in [0.2, 0.25) is 0 Å². The molecule has 2 aliphatic carbocycles. The minimum absolute atomic E-state index is 0.0506. The Hall–Kier alpha value is -2.15. The van der Waals surface area contributed by atoms with E-state index in [1.807, 2.05) is 30.4 Å². The second-order valence-corrected chi connectivity index (χ2v) is 4.27. The molecule has 1 nitrogen and oxygen atoms in total. The average molecular weight is 220 g/mol.